The molecule has 0 heterocycles. The Morgan fingerprint density at radius 2 is 1.90 bits per heavy atom. The highest BCUT2D eigenvalue weighted by Crippen LogP contribution is 2.12. The standard InChI is InChI=1S/C16H26N2O2/c1-4-10-17-16(19)13(3)18-12-14-6-8-15(9-7-14)20-11-5-2/h6-9,13,18H,4-5,10-12H2,1-3H3,(H,17,19). The summed E-state index contributed by atoms with van der Waals surface area (Å²) in [6.07, 6.45) is 1.96. The fourth-order valence-corrected chi connectivity index (χ4v) is 1.69. The first-order valence-corrected chi connectivity index (χ1v) is 7.40. The van der Waals surface area contributed by atoms with Gasteiger partial charge in [0.05, 0.1) is 12.6 Å². The zero-order chi connectivity index (χ0) is 14.8. The summed E-state index contributed by atoms with van der Waals surface area (Å²) in [5.41, 5.74) is 1.14. The number of carbonyl (C=O) groups excluding carboxylic acids is 1. The van der Waals surface area contributed by atoms with Gasteiger partial charge >= 0.3 is 0 Å². The van der Waals surface area contributed by atoms with Crippen molar-refractivity contribution in [3.63, 3.8) is 0 Å². The monoisotopic (exact) mass is 278 g/mol. The summed E-state index contributed by atoms with van der Waals surface area (Å²) < 4.78 is 5.53. The van der Waals surface area contributed by atoms with E-state index in [-0.39, 0.29) is 11.9 Å². The van der Waals surface area contributed by atoms with E-state index in [1.165, 1.54) is 0 Å². The maximum Gasteiger partial charge on any atom is 0.236 e. The maximum atomic E-state index is 11.7. The molecule has 0 fully saturated rings. The number of carbonyl (C=O) groups is 1. The second-order valence-corrected chi connectivity index (χ2v) is 4.89. The lowest BCUT2D eigenvalue weighted by molar-refractivity contribution is -0.122. The molecule has 0 aliphatic carbocycles. The first-order valence-electron chi connectivity index (χ1n) is 7.40. The van der Waals surface area contributed by atoms with Crippen LogP contribution < -0.4 is 15.4 Å². The topological polar surface area (TPSA) is 50.4 Å². The van der Waals surface area contributed by atoms with Crippen LogP contribution in [0.1, 0.15) is 39.2 Å². The number of ether oxygens (including phenoxy) is 1. The number of hydrogen-bond acceptors (Lipinski definition) is 3. The summed E-state index contributed by atoms with van der Waals surface area (Å²) in [5, 5.41) is 6.10. The minimum Gasteiger partial charge on any atom is -0.494 e. The van der Waals surface area contributed by atoms with Crippen LogP contribution in [-0.4, -0.2) is 25.1 Å². The Morgan fingerprint density at radius 1 is 1.20 bits per heavy atom. The molecule has 0 radical (unpaired) electrons. The molecule has 0 saturated heterocycles. The van der Waals surface area contributed by atoms with Crippen molar-refractivity contribution >= 4 is 5.91 Å². The van der Waals surface area contributed by atoms with Gasteiger partial charge in [0.1, 0.15) is 5.75 Å². The lowest BCUT2D eigenvalue weighted by Crippen LogP contribution is -2.42. The first-order chi connectivity index (χ1) is 9.67. The van der Waals surface area contributed by atoms with Gasteiger partial charge in [0, 0.05) is 13.1 Å². The summed E-state index contributed by atoms with van der Waals surface area (Å²) in [4.78, 5) is 11.7. The third kappa shape index (κ3) is 6.06. The maximum absolute atomic E-state index is 11.7. The van der Waals surface area contributed by atoms with E-state index in [1.807, 2.05) is 38.1 Å². The zero-order valence-corrected chi connectivity index (χ0v) is 12.7. The van der Waals surface area contributed by atoms with E-state index in [0.29, 0.717) is 6.54 Å². The minimum atomic E-state index is -0.183. The van der Waals surface area contributed by atoms with Gasteiger partial charge in [0.2, 0.25) is 5.91 Å². The fourth-order valence-electron chi connectivity index (χ4n) is 1.69. The van der Waals surface area contributed by atoms with Crippen molar-refractivity contribution in [3.8, 4) is 5.75 Å². The Morgan fingerprint density at radius 3 is 2.50 bits per heavy atom. The van der Waals surface area contributed by atoms with Crippen molar-refractivity contribution in [2.24, 2.45) is 0 Å². The van der Waals surface area contributed by atoms with E-state index in [2.05, 4.69) is 17.6 Å². The Kier molecular flexibility index (Phi) is 7.73. The van der Waals surface area contributed by atoms with Crippen LogP contribution in [-0.2, 0) is 11.3 Å². The molecule has 0 bridgehead atoms. The number of nitrogens with one attached hydrogen (secondary N) is 2. The van der Waals surface area contributed by atoms with Crippen molar-refractivity contribution in [3.05, 3.63) is 29.8 Å². The Bertz CT molecular complexity index is 390. The Labute approximate surface area is 121 Å². The normalized spacial score (nSPS) is 11.9. The van der Waals surface area contributed by atoms with Gasteiger partial charge in [-0.2, -0.15) is 0 Å². The minimum absolute atomic E-state index is 0.0507. The lowest BCUT2D eigenvalue weighted by atomic mass is 10.2. The third-order valence-electron chi connectivity index (χ3n) is 2.95. The van der Waals surface area contributed by atoms with Gasteiger partial charge in [0.25, 0.3) is 0 Å². The molecule has 1 rings (SSSR count). The van der Waals surface area contributed by atoms with E-state index < -0.39 is 0 Å². The van der Waals surface area contributed by atoms with Crippen LogP contribution in [0.15, 0.2) is 24.3 Å². The van der Waals surface area contributed by atoms with Crippen molar-refractivity contribution in [1.82, 2.24) is 10.6 Å². The van der Waals surface area contributed by atoms with Crippen LogP contribution in [0.5, 0.6) is 5.75 Å². The molecule has 1 aromatic rings. The van der Waals surface area contributed by atoms with Crippen molar-refractivity contribution in [2.75, 3.05) is 13.2 Å². The third-order valence-corrected chi connectivity index (χ3v) is 2.95. The van der Waals surface area contributed by atoms with Crippen LogP contribution in [0.25, 0.3) is 0 Å². The molecule has 0 saturated carbocycles. The highest BCUT2D eigenvalue weighted by molar-refractivity contribution is 5.81. The summed E-state index contributed by atoms with van der Waals surface area (Å²) in [6.45, 7) is 8.16. The van der Waals surface area contributed by atoms with Crippen LogP contribution >= 0.6 is 0 Å². The van der Waals surface area contributed by atoms with Crippen molar-refractivity contribution in [1.29, 1.82) is 0 Å². The molecule has 2 N–H and O–H groups in total. The van der Waals surface area contributed by atoms with Gasteiger partial charge in [-0.3, -0.25) is 4.79 Å². The van der Waals surface area contributed by atoms with E-state index in [9.17, 15) is 4.79 Å². The zero-order valence-electron chi connectivity index (χ0n) is 12.7. The van der Waals surface area contributed by atoms with Gasteiger partial charge in [-0.1, -0.05) is 26.0 Å². The molecular formula is C16H26N2O2. The molecular weight excluding hydrogens is 252 g/mol. The average molecular weight is 278 g/mol. The molecule has 1 aromatic carbocycles. The lowest BCUT2D eigenvalue weighted by Gasteiger charge is -2.14. The number of rotatable bonds is 9. The van der Waals surface area contributed by atoms with Gasteiger partial charge in [-0.25, -0.2) is 0 Å². The quantitative estimate of drug-likeness (QED) is 0.729. The number of amides is 1. The summed E-state index contributed by atoms with van der Waals surface area (Å²) in [7, 11) is 0. The molecule has 0 aliphatic rings. The smallest absolute Gasteiger partial charge is 0.236 e. The summed E-state index contributed by atoms with van der Waals surface area (Å²) >= 11 is 0. The van der Waals surface area contributed by atoms with Crippen LogP contribution in [0.3, 0.4) is 0 Å². The van der Waals surface area contributed by atoms with Crippen LogP contribution in [0, 0.1) is 0 Å². The Hall–Kier alpha value is -1.55. The largest absolute Gasteiger partial charge is 0.494 e. The molecule has 4 nitrogen and oxygen atoms in total. The predicted octanol–water partition coefficient (Wildman–Crippen LogP) is 2.48. The van der Waals surface area contributed by atoms with Crippen LogP contribution in [0.4, 0.5) is 0 Å². The van der Waals surface area contributed by atoms with Gasteiger partial charge in [-0.05, 0) is 37.5 Å². The molecule has 4 heteroatoms. The molecule has 1 atom stereocenters. The molecule has 0 aromatic heterocycles. The molecule has 1 amide bonds. The number of benzene rings is 1. The highest BCUT2D eigenvalue weighted by Gasteiger charge is 2.10. The van der Waals surface area contributed by atoms with Crippen molar-refractivity contribution < 1.29 is 9.53 Å². The number of hydrogen-bond donors (Lipinski definition) is 2. The molecule has 20 heavy (non-hydrogen) atoms. The fraction of sp³-hybridized carbons (Fsp3) is 0.562. The van der Waals surface area contributed by atoms with Crippen molar-refractivity contribution in [2.45, 2.75) is 46.2 Å². The summed E-state index contributed by atoms with van der Waals surface area (Å²) in [6, 6.07) is 7.80. The summed E-state index contributed by atoms with van der Waals surface area (Å²) in [5.74, 6) is 0.944. The average Bonchev–Trinajstić information content (AvgIpc) is 2.49. The second kappa shape index (κ2) is 9.37. The highest BCUT2D eigenvalue weighted by atomic mass is 16.5. The SMILES string of the molecule is CCCNC(=O)C(C)NCc1ccc(OCCC)cc1. The van der Waals surface area contributed by atoms with Crippen LogP contribution in [0.2, 0.25) is 0 Å². The van der Waals surface area contributed by atoms with E-state index in [4.69, 9.17) is 4.74 Å². The second-order valence-electron chi connectivity index (χ2n) is 4.89. The van der Waals surface area contributed by atoms with E-state index in [0.717, 1.165) is 37.3 Å². The Balaban J connectivity index is 2.35. The van der Waals surface area contributed by atoms with Gasteiger partial charge in [0.15, 0.2) is 0 Å². The van der Waals surface area contributed by atoms with E-state index in [1.54, 1.807) is 0 Å². The molecule has 0 aliphatic heterocycles. The van der Waals surface area contributed by atoms with Gasteiger partial charge in [-0.15, -0.1) is 0 Å². The first kappa shape index (κ1) is 16.5. The molecule has 112 valence electrons. The van der Waals surface area contributed by atoms with E-state index >= 15 is 0 Å². The van der Waals surface area contributed by atoms with Gasteiger partial charge < -0.3 is 15.4 Å². The molecule has 1 unspecified atom stereocenters. The molecule has 0 spiro atoms. The predicted molar refractivity (Wildman–Crippen MR) is 81.8 cm³/mol.